The van der Waals surface area contributed by atoms with Crippen molar-refractivity contribution in [1.29, 1.82) is 0 Å². The molecule has 10 heteroatoms. The van der Waals surface area contributed by atoms with Gasteiger partial charge in [-0.05, 0) is 51.6 Å². The molecule has 0 bridgehead atoms. The van der Waals surface area contributed by atoms with E-state index in [2.05, 4.69) is 10.6 Å². The Balaban J connectivity index is 0. The summed E-state index contributed by atoms with van der Waals surface area (Å²) in [6, 6.07) is -0.931. The number of carboxylic acids is 1. The summed E-state index contributed by atoms with van der Waals surface area (Å²) in [6.45, 7) is 3.45. The van der Waals surface area contributed by atoms with E-state index in [1.54, 1.807) is 0 Å². The van der Waals surface area contributed by atoms with E-state index in [-0.39, 0.29) is 11.8 Å². The summed E-state index contributed by atoms with van der Waals surface area (Å²) >= 11 is 0. The number of carboxylic acid groups (broad SMARTS) is 1. The van der Waals surface area contributed by atoms with Gasteiger partial charge >= 0.3 is 0 Å². The van der Waals surface area contributed by atoms with Crippen LogP contribution in [0.5, 0.6) is 0 Å². The minimum absolute atomic E-state index is 0.109. The van der Waals surface area contributed by atoms with Crippen molar-refractivity contribution < 1.29 is 19.5 Å². The zero-order chi connectivity index (χ0) is 21.8. The van der Waals surface area contributed by atoms with Crippen LogP contribution in [-0.4, -0.2) is 61.2 Å². The second kappa shape index (κ2) is 20.0. The Labute approximate surface area is 168 Å². The average molecular weight is 405 g/mol. The van der Waals surface area contributed by atoms with Crippen LogP contribution in [0.3, 0.4) is 0 Å². The third kappa shape index (κ3) is 20.6. The number of aliphatic carboxylic acids is 1. The number of carbonyl (C=O) groups excluding carboxylic acids is 2. The molecule has 0 aromatic rings. The molecule has 0 aliphatic heterocycles. The van der Waals surface area contributed by atoms with Crippen LogP contribution in [0.1, 0.15) is 58.3 Å². The monoisotopic (exact) mass is 404 g/mol. The predicted molar refractivity (Wildman–Crippen MR) is 110 cm³/mol. The maximum atomic E-state index is 11.7. The molecule has 10 nitrogen and oxygen atoms in total. The van der Waals surface area contributed by atoms with Crippen molar-refractivity contribution in [2.75, 3.05) is 26.2 Å². The molecular weight excluding hydrogens is 364 g/mol. The first-order chi connectivity index (χ1) is 13.3. The number of nitrogens with one attached hydrogen (secondary N) is 2. The first kappa shape index (κ1) is 28.5. The molecule has 0 aromatic carbocycles. The number of amides is 2. The molecule has 0 radical (unpaired) electrons. The minimum Gasteiger partial charge on any atom is -0.481 e. The number of nitrogens with two attached hydrogens (primary N) is 4. The lowest BCUT2D eigenvalue weighted by molar-refractivity contribution is -0.134. The van der Waals surface area contributed by atoms with Gasteiger partial charge in [-0.3, -0.25) is 14.4 Å². The van der Waals surface area contributed by atoms with Gasteiger partial charge in [-0.15, -0.1) is 0 Å². The van der Waals surface area contributed by atoms with E-state index in [1.807, 2.05) is 0 Å². The quantitative estimate of drug-likeness (QED) is 0.168. The van der Waals surface area contributed by atoms with Crippen LogP contribution in [0.2, 0.25) is 0 Å². The van der Waals surface area contributed by atoms with Gasteiger partial charge in [0.25, 0.3) is 5.97 Å². The van der Waals surface area contributed by atoms with E-state index < -0.39 is 18.1 Å². The molecule has 2 atom stereocenters. The molecule has 11 N–H and O–H groups in total. The van der Waals surface area contributed by atoms with Crippen LogP contribution in [0.4, 0.5) is 0 Å². The summed E-state index contributed by atoms with van der Waals surface area (Å²) in [4.78, 5) is 32.3. The standard InChI is InChI=1S/C16H36N6O2.C2H4O2/c17-9-5-7-13(19)15(23)21-11-3-1-2-4-12-22-16(24)14(20)8-6-10-18;1-2(3)4/h13-14H,1-12,17-20H2,(H,21,23)(H,22,24);1H3,(H,3,4). The van der Waals surface area contributed by atoms with Gasteiger partial charge in [0, 0.05) is 20.0 Å². The third-order valence-electron chi connectivity index (χ3n) is 3.81. The molecule has 2 unspecified atom stereocenters. The van der Waals surface area contributed by atoms with Crippen LogP contribution >= 0.6 is 0 Å². The highest BCUT2D eigenvalue weighted by atomic mass is 16.4. The smallest absolute Gasteiger partial charge is 0.300 e. The Morgan fingerprint density at radius 1 is 0.750 bits per heavy atom. The van der Waals surface area contributed by atoms with E-state index in [4.69, 9.17) is 32.8 Å². The van der Waals surface area contributed by atoms with E-state index in [0.29, 0.717) is 39.0 Å². The van der Waals surface area contributed by atoms with Gasteiger partial charge < -0.3 is 38.7 Å². The van der Waals surface area contributed by atoms with Crippen molar-refractivity contribution in [3.05, 3.63) is 0 Å². The predicted octanol–water partition coefficient (Wildman–Crippen LogP) is -0.997. The molecule has 0 saturated heterocycles. The second-order valence-corrected chi connectivity index (χ2v) is 6.59. The molecule has 0 aliphatic carbocycles. The van der Waals surface area contributed by atoms with Crippen molar-refractivity contribution in [3.8, 4) is 0 Å². The molecule has 0 aromatic heterocycles. The number of hydrogen-bond donors (Lipinski definition) is 7. The first-order valence-corrected chi connectivity index (χ1v) is 9.92. The van der Waals surface area contributed by atoms with Crippen LogP contribution in [-0.2, 0) is 14.4 Å². The normalized spacial score (nSPS) is 12.3. The fraction of sp³-hybridized carbons (Fsp3) is 0.833. The lowest BCUT2D eigenvalue weighted by atomic mass is 10.1. The molecular formula is C18H40N6O4. The topological polar surface area (TPSA) is 200 Å². The molecule has 0 heterocycles. The highest BCUT2D eigenvalue weighted by Crippen LogP contribution is 1.99. The van der Waals surface area contributed by atoms with Gasteiger partial charge in [-0.25, -0.2) is 0 Å². The van der Waals surface area contributed by atoms with Gasteiger partial charge in [0.15, 0.2) is 0 Å². The van der Waals surface area contributed by atoms with Gasteiger partial charge in [0.2, 0.25) is 11.8 Å². The zero-order valence-corrected chi connectivity index (χ0v) is 17.1. The van der Waals surface area contributed by atoms with Gasteiger partial charge in [0.1, 0.15) is 0 Å². The fourth-order valence-corrected chi connectivity index (χ4v) is 2.23. The Morgan fingerprint density at radius 2 is 1.07 bits per heavy atom. The summed E-state index contributed by atoms with van der Waals surface area (Å²) in [5.74, 6) is -1.05. The van der Waals surface area contributed by atoms with E-state index in [9.17, 15) is 9.59 Å². The summed E-state index contributed by atoms with van der Waals surface area (Å²) in [6.07, 6.45) is 6.55. The highest BCUT2D eigenvalue weighted by Gasteiger charge is 2.12. The SMILES string of the molecule is CC(=O)O.NCCCC(N)C(=O)NCCCCCCNC(=O)C(N)CCCN. The van der Waals surface area contributed by atoms with Gasteiger partial charge in [-0.1, -0.05) is 12.8 Å². The van der Waals surface area contributed by atoms with E-state index in [0.717, 1.165) is 45.4 Å². The van der Waals surface area contributed by atoms with Gasteiger partial charge in [0.05, 0.1) is 12.1 Å². The van der Waals surface area contributed by atoms with Crippen LogP contribution < -0.4 is 33.6 Å². The third-order valence-corrected chi connectivity index (χ3v) is 3.81. The number of unbranched alkanes of at least 4 members (excludes halogenated alkanes) is 3. The van der Waals surface area contributed by atoms with E-state index in [1.165, 1.54) is 0 Å². The van der Waals surface area contributed by atoms with Crippen LogP contribution in [0.15, 0.2) is 0 Å². The highest BCUT2D eigenvalue weighted by molar-refractivity contribution is 5.81. The Kier molecular flexibility index (Phi) is 20.3. The number of hydrogen-bond acceptors (Lipinski definition) is 7. The molecule has 28 heavy (non-hydrogen) atoms. The van der Waals surface area contributed by atoms with E-state index >= 15 is 0 Å². The maximum Gasteiger partial charge on any atom is 0.300 e. The van der Waals surface area contributed by atoms with Crippen LogP contribution in [0, 0.1) is 0 Å². The van der Waals surface area contributed by atoms with Gasteiger partial charge in [-0.2, -0.15) is 0 Å². The van der Waals surface area contributed by atoms with Crippen molar-refractivity contribution >= 4 is 17.8 Å². The van der Waals surface area contributed by atoms with Crippen LogP contribution in [0.25, 0.3) is 0 Å². The Hall–Kier alpha value is -1.75. The molecule has 0 aliphatic rings. The molecule has 2 amide bonds. The second-order valence-electron chi connectivity index (χ2n) is 6.59. The fourth-order valence-electron chi connectivity index (χ4n) is 2.23. The van der Waals surface area contributed by atoms with Crippen molar-refractivity contribution in [1.82, 2.24) is 10.6 Å². The molecule has 166 valence electrons. The van der Waals surface area contributed by atoms with Crippen molar-refractivity contribution in [2.45, 2.75) is 70.4 Å². The summed E-state index contributed by atoms with van der Waals surface area (Å²) in [7, 11) is 0. The number of rotatable bonds is 15. The summed E-state index contributed by atoms with van der Waals surface area (Å²) in [5, 5.41) is 13.1. The Bertz CT molecular complexity index is 387. The first-order valence-electron chi connectivity index (χ1n) is 9.92. The Morgan fingerprint density at radius 3 is 1.36 bits per heavy atom. The maximum absolute atomic E-state index is 11.7. The molecule has 0 fully saturated rings. The molecule has 0 spiro atoms. The average Bonchev–Trinajstić information content (AvgIpc) is 2.65. The lowest BCUT2D eigenvalue weighted by Gasteiger charge is -2.12. The van der Waals surface area contributed by atoms with Crippen molar-refractivity contribution in [3.63, 3.8) is 0 Å². The summed E-state index contributed by atoms with van der Waals surface area (Å²) in [5.41, 5.74) is 22.3. The van der Waals surface area contributed by atoms with Crippen molar-refractivity contribution in [2.24, 2.45) is 22.9 Å². The largest absolute Gasteiger partial charge is 0.481 e. The minimum atomic E-state index is -0.833. The summed E-state index contributed by atoms with van der Waals surface area (Å²) < 4.78 is 0. The zero-order valence-electron chi connectivity index (χ0n) is 17.1. The molecule has 0 saturated carbocycles. The molecule has 0 rings (SSSR count). The number of carbonyl (C=O) groups is 3. The lowest BCUT2D eigenvalue weighted by Crippen LogP contribution is -2.41.